The van der Waals surface area contributed by atoms with E-state index in [0.717, 1.165) is 29.9 Å². The number of carbonyl (C=O) groups is 1. The van der Waals surface area contributed by atoms with Crippen LogP contribution >= 0.6 is 22.9 Å². The Morgan fingerprint density at radius 1 is 1.13 bits per heavy atom. The van der Waals surface area contributed by atoms with Crippen LogP contribution in [-0.2, 0) is 4.74 Å². The van der Waals surface area contributed by atoms with E-state index in [1.54, 1.807) is 19.2 Å². The lowest BCUT2D eigenvalue weighted by molar-refractivity contribution is -0.0383. The summed E-state index contributed by atoms with van der Waals surface area (Å²) in [6.45, 7) is 1.84. The summed E-state index contributed by atoms with van der Waals surface area (Å²) in [7, 11) is 3.21. The molecule has 3 aromatic heterocycles. The number of aryl methyl sites for hydroxylation is 1. The first-order valence-corrected chi connectivity index (χ1v) is 10.7. The number of amides is 1. The minimum absolute atomic E-state index is 0.0539. The predicted octanol–water partition coefficient (Wildman–Crippen LogP) is 3.77. The van der Waals surface area contributed by atoms with E-state index in [2.05, 4.69) is 25.5 Å². The molecular formula is C20H20ClN5O4S. The van der Waals surface area contributed by atoms with Crippen LogP contribution in [0.4, 0.5) is 5.13 Å². The second kappa shape index (κ2) is 9.13. The molecule has 1 aliphatic carbocycles. The fourth-order valence-electron chi connectivity index (χ4n) is 3.18. The van der Waals surface area contributed by atoms with E-state index in [9.17, 15) is 4.79 Å². The highest BCUT2D eigenvalue weighted by Crippen LogP contribution is 2.35. The summed E-state index contributed by atoms with van der Waals surface area (Å²) in [6.07, 6.45) is 4.92. The number of aromatic nitrogens is 4. The Morgan fingerprint density at radius 2 is 1.94 bits per heavy atom. The van der Waals surface area contributed by atoms with Gasteiger partial charge in [-0.15, -0.1) is 5.10 Å². The van der Waals surface area contributed by atoms with Crippen molar-refractivity contribution in [3.8, 4) is 22.1 Å². The number of ether oxygens (including phenoxy) is 3. The van der Waals surface area contributed by atoms with Crippen LogP contribution in [0.5, 0.6) is 10.9 Å². The third-order valence-electron chi connectivity index (χ3n) is 4.91. The number of nitrogens with one attached hydrogen (secondary N) is 1. The molecule has 1 fully saturated rings. The molecule has 9 nitrogen and oxygen atoms in total. The Hall–Kier alpha value is -2.82. The lowest BCUT2D eigenvalue weighted by atomic mass is 9.92. The van der Waals surface area contributed by atoms with Gasteiger partial charge in [0.2, 0.25) is 5.13 Å². The van der Waals surface area contributed by atoms with Crippen LogP contribution < -0.4 is 14.8 Å². The average Bonchev–Trinajstić information content (AvgIpc) is 3.17. The van der Waals surface area contributed by atoms with Crippen LogP contribution in [0, 0.1) is 6.92 Å². The van der Waals surface area contributed by atoms with Gasteiger partial charge in [-0.3, -0.25) is 15.1 Å². The quantitative estimate of drug-likeness (QED) is 0.529. The largest absolute Gasteiger partial charge is 0.494 e. The summed E-state index contributed by atoms with van der Waals surface area (Å²) < 4.78 is 16.4. The highest BCUT2D eigenvalue weighted by atomic mass is 35.5. The van der Waals surface area contributed by atoms with E-state index in [0.29, 0.717) is 32.8 Å². The van der Waals surface area contributed by atoms with E-state index >= 15 is 0 Å². The Balaban J connectivity index is 1.54. The van der Waals surface area contributed by atoms with Gasteiger partial charge in [-0.1, -0.05) is 16.7 Å². The zero-order chi connectivity index (χ0) is 22.0. The molecule has 1 amide bonds. The van der Waals surface area contributed by atoms with Gasteiger partial charge in [-0.25, -0.2) is 4.98 Å². The number of pyridine rings is 2. The van der Waals surface area contributed by atoms with Gasteiger partial charge in [-0.2, -0.15) is 0 Å². The van der Waals surface area contributed by atoms with Crippen LogP contribution in [0.1, 0.15) is 28.9 Å². The molecule has 162 valence electrons. The molecule has 0 spiro atoms. The van der Waals surface area contributed by atoms with Crippen molar-refractivity contribution < 1.29 is 19.0 Å². The molecule has 1 aliphatic rings. The standard InChI is InChI=1S/C20H20ClN5O4S/c1-10-4-13(14-7-17(21)23-9-16(14)29-3)15(8-22-10)18(27)24-19-25-26-20(31-19)30-12-5-11(6-12)28-2/h4,7-9,11-12H,5-6H2,1-3H3,(H,24,25,27)/t11-,12-. The molecule has 1 saturated carbocycles. The fraction of sp³-hybridized carbons (Fsp3) is 0.350. The number of carbonyl (C=O) groups excluding carboxylic acids is 1. The molecule has 0 aliphatic heterocycles. The predicted molar refractivity (Wildman–Crippen MR) is 116 cm³/mol. The van der Waals surface area contributed by atoms with E-state index in [-0.39, 0.29) is 23.3 Å². The number of rotatable bonds is 7. The van der Waals surface area contributed by atoms with Crippen molar-refractivity contribution in [2.45, 2.75) is 32.0 Å². The summed E-state index contributed by atoms with van der Waals surface area (Å²) >= 11 is 7.25. The minimum atomic E-state index is -0.386. The fourth-order valence-corrected chi connectivity index (χ4v) is 3.99. The summed E-state index contributed by atoms with van der Waals surface area (Å²) in [6, 6.07) is 3.44. The second-order valence-corrected chi connectivity index (χ2v) is 8.30. The molecule has 0 radical (unpaired) electrons. The van der Waals surface area contributed by atoms with Gasteiger partial charge in [0.05, 0.1) is 25.0 Å². The molecule has 11 heteroatoms. The number of methoxy groups -OCH3 is 2. The molecule has 0 bridgehead atoms. The lowest BCUT2D eigenvalue weighted by Gasteiger charge is -2.32. The van der Waals surface area contributed by atoms with Gasteiger partial charge in [0.15, 0.2) is 0 Å². The Kier molecular flexibility index (Phi) is 6.30. The van der Waals surface area contributed by atoms with Crippen molar-refractivity contribution in [3.05, 3.63) is 40.9 Å². The van der Waals surface area contributed by atoms with Gasteiger partial charge in [0, 0.05) is 43.0 Å². The van der Waals surface area contributed by atoms with E-state index in [1.807, 2.05) is 6.92 Å². The maximum Gasteiger partial charge on any atom is 0.296 e. The van der Waals surface area contributed by atoms with E-state index in [4.69, 9.17) is 25.8 Å². The van der Waals surface area contributed by atoms with Crippen LogP contribution in [0.25, 0.3) is 11.1 Å². The van der Waals surface area contributed by atoms with E-state index in [1.165, 1.54) is 19.5 Å². The maximum absolute atomic E-state index is 13.0. The summed E-state index contributed by atoms with van der Waals surface area (Å²) in [4.78, 5) is 21.3. The van der Waals surface area contributed by atoms with E-state index < -0.39 is 0 Å². The number of halogens is 1. The van der Waals surface area contributed by atoms with Crippen molar-refractivity contribution in [2.24, 2.45) is 0 Å². The van der Waals surface area contributed by atoms with Gasteiger partial charge in [0.25, 0.3) is 11.1 Å². The number of hydrogen-bond donors (Lipinski definition) is 1. The van der Waals surface area contributed by atoms with Crippen molar-refractivity contribution >= 4 is 34.0 Å². The highest BCUT2D eigenvalue weighted by molar-refractivity contribution is 7.17. The zero-order valence-electron chi connectivity index (χ0n) is 17.1. The van der Waals surface area contributed by atoms with Crippen LogP contribution in [0.15, 0.2) is 24.5 Å². The first-order chi connectivity index (χ1) is 15.0. The van der Waals surface area contributed by atoms with Crippen molar-refractivity contribution in [1.82, 2.24) is 20.2 Å². The maximum atomic E-state index is 13.0. The first-order valence-electron chi connectivity index (χ1n) is 9.47. The van der Waals surface area contributed by atoms with Crippen LogP contribution in [-0.4, -0.2) is 52.5 Å². The molecule has 0 atom stereocenters. The van der Waals surface area contributed by atoms with Crippen molar-refractivity contribution in [3.63, 3.8) is 0 Å². The zero-order valence-corrected chi connectivity index (χ0v) is 18.7. The number of anilines is 1. The van der Waals surface area contributed by atoms with Crippen molar-refractivity contribution in [2.75, 3.05) is 19.5 Å². The first kappa shape index (κ1) is 21.4. The topological polar surface area (TPSA) is 108 Å². The average molecular weight is 462 g/mol. The summed E-state index contributed by atoms with van der Waals surface area (Å²) in [5.41, 5.74) is 2.33. The van der Waals surface area contributed by atoms with Gasteiger partial charge in [-0.05, 0) is 30.4 Å². The van der Waals surface area contributed by atoms with Crippen LogP contribution in [0.3, 0.4) is 0 Å². The molecule has 0 unspecified atom stereocenters. The lowest BCUT2D eigenvalue weighted by Crippen LogP contribution is -2.38. The summed E-state index contributed by atoms with van der Waals surface area (Å²) in [5.74, 6) is 0.105. The number of nitrogens with zero attached hydrogens (tertiary/aromatic N) is 4. The van der Waals surface area contributed by atoms with Gasteiger partial charge in [0.1, 0.15) is 17.0 Å². The third-order valence-corrected chi connectivity index (χ3v) is 5.84. The molecule has 0 saturated heterocycles. The molecule has 0 aromatic carbocycles. The highest BCUT2D eigenvalue weighted by Gasteiger charge is 2.31. The second-order valence-electron chi connectivity index (χ2n) is 6.97. The van der Waals surface area contributed by atoms with Crippen molar-refractivity contribution in [1.29, 1.82) is 0 Å². The molecule has 1 N–H and O–H groups in total. The SMILES string of the molecule is COc1cnc(Cl)cc1-c1cc(C)ncc1C(=O)Nc1nnc(O[C@H]2C[C@H](OC)C2)s1. The number of hydrogen-bond acceptors (Lipinski definition) is 9. The smallest absolute Gasteiger partial charge is 0.296 e. The molecule has 3 aromatic rings. The molecular weight excluding hydrogens is 442 g/mol. The normalized spacial score (nSPS) is 17.7. The van der Waals surface area contributed by atoms with Gasteiger partial charge < -0.3 is 14.2 Å². The Morgan fingerprint density at radius 3 is 2.68 bits per heavy atom. The molecule has 31 heavy (non-hydrogen) atoms. The third kappa shape index (κ3) is 4.76. The van der Waals surface area contributed by atoms with Crippen LogP contribution in [0.2, 0.25) is 5.15 Å². The minimum Gasteiger partial charge on any atom is -0.494 e. The Bertz CT molecular complexity index is 1100. The monoisotopic (exact) mass is 461 g/mol. The van der Waals surface area contributed by atoms with Gasteiger partial charge >= 0.3 is 0 Å². The molecule has 4 rings (SSSR count). The summed E-state index contributed by atoms with van der Waals surface area (Å²) in [5, 5.41) is 11.8. The molecule has 3 heterocycles. The Labute approximate surface area is 187 Å².